The second kappa shape index (κ2) is 6.60. The smallest absolute Gasteiger partial charge is 0.275 e. The Bertz CT molecular complexity index is 703. The van der Waals surface area contributed by atoms with Crippen LogP contribution in [0.15, 0.2) is 35.0 Å². The highest BCUT2D eigenvalue weighted by Gasteiger charge is 2.38. The summed E-state index contributed by atoms with van der Waals surface area (Å²) in [5, 5.41) is 14.6. The second-order valence-corrected chi connectivity index (χ2v) is 6.28. The fourth-order valence-corrected chi connectivity index (χ4v) is 3.01. The number of likely N-dealkylation sites (N-methyl/N-ethyl adjacent to an activating group) is 1. The maximum atomic E-state index is 12.4. The first-order valence-electron chi connectivity index (χ1n) is 8.10. The summed E-state index contributed by atoms with van der Waals surface area (Å²) in [5.74, 6) is 1.27. The molecule has 1 fully saturated rings. The number of aryl methyl sites for hydroxylation is 1. The highest BCUT2D eigenvalue weighted by atomic mass is 16.5. The molecule has 1 amide bonds. The minimum atomic E-state index is -0.959. The zero-order valence-corrected chi connectivity index (χ0v) is 14.0. The highest BCUT2D eigenvalue weighted by molar-refractivity contribution is 5.92. The molecule has 7 nitrogen and oxygen atoms in total. The van der Waals surface area contributed by atoms with Crippen LogP contribution in [0.2, 0.25) is 0 Å². The van der Waals surface area contributed by atoms with Crippen molar-refractivity contribution in [1.82, 2.24) is 15.0 Å². The van der Waals surface area contributed by atoms with E-state index in [2.05, 4.69) is 10.1 Å². The lowest BCUT2D eigenvalue weighted by molar-refractivity contribution is 0.0260. The van der Waals surface area contributed by atoms with E-state index in [1.807, 2.05) is 30.0 Å². The number of β-amino-alcohol motifs (C(OH)–C–C–N with tert-alkyl or cyclic N) is 1. The number of nitrogens with zero attached hydrogens (tertiary/aromatic N) is 4. The first-order valence-corrected chi connectivity index (χ1v) is 8.10. The molecule has 1 unspecified atom stereocenters. The van der Waals surface area contributed by atoms with E-state index in [-0.39, 0.29) is 18.1 Å². The van der Waals surface area contributed by atoms with Gasteiger partial charge >= 0.3 is 0 Å². The summed E-state index contributed by atoms with van der Waals surface area (Å²) < 4.78 is 5.08. The molecule has 1 saturated heterocycles. The van der Waals surface area contributed by atoms with Gasteiger partial charge in [0.15, 0.2) is 5.69 Å². The number of aliphatic hydroxyl groups is 1. The SMILES string of the molecule is CCc1cc(C(=O)N(C)CC2(O)CCN(c3ccccn3)C2)no1. The zero-order valence-electron chi connectivity index (χ0n) is 14.0. The summed E-state index contributed by atoms with van der Waals surface area (Å²) in [5.41, 5.74) is -0.684. The van der Waals surface area contributed by atoms with E-state index in [1.54, 1.807) is 19.3 Å². The number of aromatic nitrogens is 2. The maximum Gasteiger partial charge on any atom is 0.275 e. The molecule has 1 aliphatic rings. The molecule has 3 rings (SSSR count). The molecule has 1 atom stereocenters. The number of rotatable bonds is 5. The lowest BCUT2D eigenvalue weighted by Gasteiger charge is -2.28. The molecule has 1 N–H and O–H groups in total. The number of pyridine rings is 1. The van der Waals surface area contributed by atoms with E-state index in [4.69, 9.17) is 4.52 Å². The summed E-state index contributed by atoms with van der Waals surface area (Å²) in [6.45, 7) is 3.33. The van der Waals surface area contributed by atoms with Crippen LogP contribution in [0, 0.1) is 0 Å². The molecule has 2 aromatic rings. The highest BCUT2D eigenvalue weighted by Crippen LogP contribution is 2.26. The van der Waals surface area contributed by atoms with Crippen LogP contribution in [0.1, 0.15) is 29.6 Å². The lowest BCUT2D eigenvalue weighted by atomic mass is 10.0. The summed E-state index contributed by atoms with van der Waals surface area (Å²) in [6.07, 6.45) is 3.01. The number of carbonyl (C=O) groups is 1. The molecule has 0 aromatic carbocycles. The van der Waals surface area contributed by atoms with Gasteiger partial charge in [-0.25, -0.2) is 4.98 Å². The molecular formula is C17H22N4O3. The molecule has 0 saturated carbocycles. The van der Waals surface area contributed by atoms with Crippen LogP contribution >= 0.6 is 0 Å². The van der Waals surface area contributed by atoms with E-state index in [1.165, 1.54) is 4.90 Å². The van der Waals surface area contributed by atoms with E-state index in [0.29, 0.717) is 31.7 Å². The van der Waals surface area contributed by atoms with Crippen molar-refractivity contribution in [2.45, 2.75) is 25.4 Å². The molecule has 3 heterocycles. The molecule has 24 heavy (non-hydrogen) atoms. The van der Waals surface area contributed by atoms with Crippen LogP contribution in [0.3, 0.4) is 0 Å². The normalized spacial score (nSPS) is 20.4. The Balaban J connectivity index is 1.63. The van der Waals surface area contributed by atoms with Gasteiger partial charge in [-0.15, -0.1) is 0 Å². The van der Waals surface area contributed by atoms with Crippen molar-refractivity contribution in [1.29, 1.82) is 0 Å². The molecule has 0 bridgehead atoms. The summed E-state index contributed by atoms with van der Waals surface area (Å²) in [4.78, 5) is 20.3. The Morgan fingerprint density at radius 1 is 1.50 bits per heavy atom. The Morgan fingerprint density at radius 2 is 2.33 bits per heavy atom. The molecule has 7 heteroatoms. The number of hydrogen-bond donors (Lipinski definition) is 1. The summed E-state index contributed by atoms with van der Waals surface area (Å²) in [6, 6.07) is 7.35. The van der Waals surface area contributed by atoms with Gasteiger partial charge in [-0.2, -0.15) is 0 Å². The van der Waals surface area contributed by atoms with Gasteiger partial charge in [-0.1, -0.05) is 18.1 Å². The second-order valence-electron chi connectivity index (χ2n) is 6.28. The summed E-state index contributed by atoms with van der Waals surface area (Å²) in [7, 11) is 1.67. The van der Waals surface area contributed by atoms with Crippen LogP contribution < -0.4 is 4.90 Å². The van der Waals surface area contributed by atoms with Gasteiger partial charge in [0.25, 0.3) is 5.91 Å². The molecule has 0 aliphatic carbocycles. The quantitative estimate of drug-likeness (QED) is 0.891. The van der Waals surface area contributed by atoms with E-state index >= 15 is 0 Å². The topological polar surface area (TPSA) is 82.7 Å². The minimum Gasteiger partial charge on any atom is -0.386 e. The Morgan fingerprint density at radius 3 is 3.00 bits per heavy atom. The van der Waals surface area contributed by atoms with Gasteiger partial charge in [-0.3, -0.25) is 4.79 Å². The van der Waals surface area contributed by atoms with Crippen molar-refractivity contribution in [3.05, 3.63) is 41.9 Å². The third-order valence-corrected chi connectivity index (χ3v) is 4.31. The Hall–Kier alpha value is -2.41. The van der Waals surface area contributed by atoms with Gasteiger partial charge in [0.05, 0.1) is 6.54 Å². The molecule has 1 aliphatic heterocycles. The molecular weight excluding hydrogens is 308 g/mol. The van der Waals surface area contributed by atoms with E-state index in [0.717, 1.165) is 5.82 Å². The Kier molecular flexibility index (Phi) is 4.53. The van der Waals surface area contributed by atoms with Crippen LogP contribution in [0.25, 0.3) is 0 Å². The van der Waals surface area contributed by atoms with Crippen molar-refractivity contribution in [3.8, 4) is 0 Å². The molecule has 0 spiro atoms. The monoisotopic (exact) mass is 330 g/mol. The third-order valence-electron chi connectivity index (χ3n) is 4.31. The number of amides is 1. The largest absolute Gasteiger partial charge is 0.386 e. The van der Waals surface area contributed by atoms with Crippen molar-refractivity contribution < 1.29 is 14.4 Å². The average Bonchev–Trinajstić information content (AvgIpc) is 3.22. The fourth-order valence-electron chi connectivity index (χ4n) is 3.01. The van der Waals surface area contributed by atoms with Crippen LogP contribution in [-0.4, -0.2) is 58.3 Å². The average molecular weight is 330 g/mol. The van der Waals surface area contributed by atoms with Crippen molar-refractivity contribution in [3.63, 3.8) is 0 Å². The van der Waals surface area contributed by atoms with Crippen molar-refractivity contribution in [2.75, 3.05) is 31.6 Å². The zero-order chi connectivity index (χ0) is 17.2. The minimum absolute atomic E-state index is 0.240. The third kappa shape index (κ3) is 3.41. The first kappa shape index (κ1) is 16.4. The van der Waals surface area contributed by atoms with Gasteiger partial charge in [0, 0.05) is 38.8 Å². The summed E-state index contributed by atoms with van der Waals surface area (Å²) >= 11 is 0. The van der Waals surface area contributed by atoms with Gasteiger partial charge < -0.3 is 19.4 Å². The standard InChI is InChI=1S/C17H22N4O3/c1-3-13-10-14(19-24-13)16(22)20(2)11-17(23)7-9-21(12-17)15-6-4-5-8-18-15/h4-6,8,10,23H,3,7,9,11-12H2,1-2H3. The van der Waals surface area contributed by atoms with Crippen molar-refractivity contribution >= 4 is 11.7 Å². The van der Waals surface area contributed by atoms with Gasteiger partial charge in [0.2, 0.25) is 0 Å². The lowest BCUT2D eigenvalue weighted by Crippen LogP contribution is -2.46. The van der Waals surface area contributed by atoms with Crippen LogP contribution in [-0.2, 0) is 6.42 Å². The number of hydrogen-bond acceptors (Lipinski definition) is 6. The fraction of sp³-hybridized carbons (Fsp3) is 0.471. The molecule has 2 aromatic heterocycles. The predicted octanol–water partition coefficient (Wildman–Crippen LogP) is 1.35. The predicted molar refractivity (Wildman–Crippen MR) is 88.9 cm³/mol. The first-order chi connectivity index (χ1) is 11.5. The van der Waals surface area contributed by atoms with Gasteiger partial charge in [0.1, 0.15) is 17.2 Å². The van der Waals surface area contributed by atoms with Crippen LogP contribution in [0.4, 0.5) is 5.82 Å². The van der Waals surface area contributed by atoms with Crippen LogP contribution in [0.5, 0.6) is 0 Å². The number of anilines is 1. The molecule has 0 radical (unpaired) electrons. The maximum absolute atomic E-state index is 12.4. The van der Waals surface area contributed by atoms with Gasteiger partial charge in [-0.05, 0) is 18.6 Å². The van der Waals surface area contributed by atoms with E-state index in [9.17, 15) is 9.90 Å². The van der Waals surface area contributed by atoms with Crippen molar-refractivity contribution in [2.24, 2.45) is 0 Å². The molecule has 128 valence electrons. The Labute approximate surface area is 140 Å². The number of carbonyl (C=O) groups excluding carboxylic acids is 1. The van der Waals surface area contributed by atoms with E-state index < -0.39 is 5.60 Å².